The smallest absolute Gasteiger partial charge is 0.398 e. The Morgan fingerprint density at radius 1 is 0.917 bits per heavy atom. The van der Waals surface area contributed by atoms with E-state index in [0.717, 1.165) is 17.3 Å². The van der Waals surface area contributed by atoms with E-state index in [1.54, 1.807) is 25.1 Å². The monoisotopic (exact) mass is 491 g/mol. The Balaban J connectivity index is 1.86. The van der Waals surface area contributed by atoms with Gasteiger partial charge in [0.05, 0.1) is 22.7 Å². The molecule has 0 unspecified atom stereocenters. The van der Waals surface area contributed by atoms with Crippen LogP contribution in [0.1, 0.15) is 30.8 Å². The van der Waals surface area contributed by atoms with E-state index in [9.17, 15) is 18.4 Å². The number of nitrogen functional groups attached to an aromatic ring is 3. The molecule has 184 valence electrons. The number of anilines is 3. The molecule has 0 aliphatic carbocycles. The molecule has 2 aromatic heterocycles. The highest BCUT2D eigenvalue weighted by Crippen LogP contribution is 2.39. The lowest BCUT2D eigenvalue weighted by Crippen LogP contribution is -2.13. The Kier molecular flexibility index (Phi) is 5.88. The molecule has 0 aliphatic heterocycles. The third-order valence-electron chi connectivity index (χ3n) is 6.06. The molecule has 2 aromatic carbocycles. The van der Waals surface area contributed by atoms with Gasteiger partial charge in [-0.05, 0) is 62.2 Å². The second-order valence-corrected chi connectivity index (χ2v) is 8.97. The van der Waals surface area contributed by atoms with Crippen LogP contribution >= 0.6 is 0 Å². The summed E-state index contributed by atoms with van der Waals surface area (Å²) in [4.78, 5) is 8.14. The summed E-state index contributed by atoms with van der Waals surface area (Å²) in [6.45, 7) is 5.44. The summed E-state index contributed by atoms with van der Waals surface area (Å²) in [5.41, 5.74) is 20.0. The number of benzene rings is 2. The minimum atomic E-state index is -4.64. The van der Waals surface area contributed by atoms with Crippen LogP contribution in [0, 0.1) is 18.3 Å². The number of aryl methyl sites for hydroxylation is 1. The summed E-state index contributed by atoms with van der Waals surface area (Å²) < 4.78 is 42.0. The molecule has 4 aromatic rings. The van der Waals surface area contributed by atoms with Crippen molar-refractivity contribution in [3.8, 4) is 34.1 Å². The van der Waals surface area contributed by atoms with Gasteiger partial charge in [-0.1, -0.05) is 18.2 Å². The van der Waals surface area contributed by atoms with Crippen molar-refractivity contribution in [3.05, 3.63) is 71.7 Å². The fourth-order valence-corrected chi connectivity index (χ4v) is 4.02. The van der Waals surface area contributed by atoms with Crippen molar-refractivity contribution in [3.63, 3.8) is 0 Å². The number of hydrogen-bond acceptors (Lipinski definition) is 6. The normalized spacial score (nSPS) is 11.9. The van der Waals surface area contributed by atoms with E-state index in [-0.39, 0.29) is 11.4 Å². The first-order chi connectivity index (χ1) is 16.8. The van der Waals surface area contributed by atoms with Crippen molar-refractivity contribution in [1.29, 1.82) is 5.26 Å². The van der Waals surface area contributed by atoms with E-state index < -0.39 is 23.0 Å². The van der Waals surface area contributed by atoms with Gasteiger partial charge in [-0.2, -0.15) is 18.4 Å². The first-order valence-electron chi connectivity index (χ1n) is 10.9. The number of halogens is 3. The van der Waals surface area contributed by atoms with E-state index in [1.807, 2.05) is 42.7 Å². The van der Waals surface area contributed by atoms with Crippen LogP contribution in [0.5, 0.6) is 0 Å². The Morgan fingerprint density at radius 2 is 1.58 bits per heavy atom. The molecular weight excluding hydrogens is 467 g/mol. The van der Waals surface area contributed by atoms with Gasteiger partial charge in [0.2, 0.25) is 0 Å². The third-order valence-corrected chi connectivity index (χ3v) is 6.06. The molecule has 0 radical (unpaired) electrons. The van der Waals surface area contributed by atoms with Crippen molar-refractivity contribution in [2.75, 3.05) is 17.2 Å². The second-order valence-electron chi connectivity index (χ2n) is 8.97. The third kappa shape index (κ3) is 4.31. The standard InChI is InChI=1S/C26H24F3N7/c1-14-35-24(33)22(36(14)18-7-5-17(6-8-18)25(2,3)13-30)19-10-15(4-9-21(19)31)16-11-20(26(27,28)29)23(32)34-12-16/h4-12H,31,33H2,1-3H3,(H2,32,34). The van der Waals surface area contributed by atoms with Crippen molar-refractivity contribution >= 4 is 17.3 Å². The minimum absolute atomic E-state index is 0.212. The highest BCUT2D eigenvalue weighted by Gasteiger charge is 2.34. The predicted octanol–water partition coefficient (Wildman–Crippen LogP) is 5.48. The Bertz CT molecular complexity index is 1490. The number of imidazole rings is 1. The van der Waals surface area contributed by atoms with Gasteiger partial charge < -0.3 is 17.2 Å². The van der Waals surface area contributed by atoms with Crippen LogP contribution in [-0.2, 0) is 11.6 Å². The van der Waals surface area contributed by atoms with Crippen molar-refractivity contribution < 1.29 is 13.2 Å². The van der Waals surface area contributed by atoms with Crippen LogP contribution in [0.3, 0.4) is 0 Å². The van der Waals surface area contributed by atoms with Gasteiger partial charge in [0.15, 0.2) is 5.82 Å². The predicted molar refractivity (Wildman–Crippen MR) is 134 cm³/mol. The summed E-state index contributed by atoms with van der Waals surface area (Å²) in [7, 11) is 0. The van der Waals surface area contributed by atoms with Gasteiger partial charge in [-0.15, -0.1) is 0 Å². The number of alkyl halides is 3. The maximum Gasteiger partial charge on any atom is 0.419 e. The number of pyridine rings is 1. The van der Waals surface area contributed by atoms with Crippen molar-refractivity contribution in [1.82, 2.24) is 14.5 Å². The highest BCUT2D eigenvalue weighted by molar-refractivity contribution is 5.86. The molecule has 0 saturated heterocycles. The summed E-state index contributed by atoms with van der Waals surface area (Å²) in [5, 5.41) is 9.43. The molecule has 36 heavy (non-hydrogen) atoms. The van der Waals surface area contributed by atoms with E-state index in [0.29, 0.717) is 28.3 Å². The maximum absolute atomic E-state index is 13.4. The van der Waals surface area contributed by atoms with E-state index in [1.165, 1.54) is 6.20 Å². The van der Waals surface area contributed by atoms with Gasteiger partial charge in [0.25, 0.3) is 0 Å². The molecular formula is C26H24F3N7. The number of nitriles is 1. The van der Waals surface area contributed by atoms with Gasteiger partial charge in [0, 0.05) is 28.7 Å². The first-order valence-corrected chi connectivity index (χ1v) is 10.9. The van der Waals surface area contributed by atoms with Gasteiger partial charge in [0.1, 0.15) is 11.6 Å². The minimum Gasteiger partial charge on any atom is -0.398 e. The Labute approximate surface area is 206 Å². The van der Waals surface area contributed by atoms with Crippen LogP contribution < -0.4 is 17.2 Å². The molecule has 0 spiro atoms. The topological polar surface area (TPSA) is 133 Å². The number of aromatic nitrogens is 3. The van der Waals surface area contributed by atoms with Crippen molar-refractivity contribution in [2.45, 2.75) is 32.4 Å². The average Bonchev–Trinajstić information content (AvgIpc) is 3.12. The summed E-state index contributed by atoms with van der Waals surface area (Å²) in [6.07, 6.45) is -3.36. The number of nitrogens with zero attached hydrogens (tertiary/aromatic N) is 4. The zero-order valence-corrected chi connectivity index (χ0v) is 19.9. The lowest BCUT2D eigenvalue weighted by Gasteiger charge is -2.18. The number of rotatable bonds is 4. The Morgan fingerprint density at radius 3 is 2.19 bits per heavy atom. The number of hydrogen-bond donors (Lipinski definition) is 3. The highest BCUT2D eigenvalue weighted by atomic mass is 19.4. The fourth-order valence-electron chi connectivity index (χ4n) is 4.02. The van der Waals surface area contributed by atoms with Crippen LogP contribution in [0.4, 0.5) is 30.5 Å². The summed E-state index contributed by atoms with van der Waals surface area (Å²) in [6, 6.07) is 15.5. The summed E-state index contributed by atoms with van der Waals surface area (Å²) >= 11 is 0. The van der Waals surface area contributed by atoms with Crippen molar-refractivity contribution in [2.24, 2.45) is 0 Å². The van der Waals surface area contributed by atoms with Crippen LogP contribution in [0.25, 0.3) is 28.1 Å². The van der Waals surface area contributed by atoms with E-state index in [2.05, 4.69) is 16.0 Å². The van der Waals surface area contributed by atoms with Gasteiger partial charge in [-0.3, -0.25) is 4.57 Å². The molecule has 0 fully saturated rings. The molecule has 4 rings (SSSR count). The second kappa shape index (κ2) is 8.61. The van der Waals surface area contributed by atoms with Crippen LogP contribution in [0.2, 0.25) is 0 Å². The quantitative estimate of drug-likeness (QED) is 0.324. The molecule has 0 saturated carbocycles. The van der Waals surface area contributed by atoms with Gasteiger partial charge in [-0.25, -0.2) is 9.97 Å². The number of nitrogens with two attached hydrogens (primary N) is 3. The molecule has 0 atom stereocenters. The maximum atomic E-state index is 13.4. The fraction of sp³-hybridized carbons (Fsp3) is 0.192. The molecule has 7 nitrogen and oxygen atoms in total. The van der Waals surface area contributed by atoms with Crippen LogP contribution in [0.15, 0.2) is 54.7 Å². The van der Waals surface area contributed by atoms with E-state index in [4.69, 9.17) is 17.2 Å². The molecule has 0 aliphatic rings. The molecule has 0 bridgehead atoms. The molecule has 10 heteroatoms. The lowest BCUT2D eigenvalue weighted by atomic mass is 9.86. The molecule has 6 N–H and O–H groups in total. The first kappa shape index (κ1) is 24.6. The van der Waals surface area contributed by atoms with Crippen LogP contribution in [-0.4, -0.2) is 14.5 Å². The zero-order valence-electron chi connectivity index (χ0n) is 19.9. The lowest BCUT2D eigenvalue weighted by molar-refractivity contribution is -0.137. The Hall–Kier alpha value is -4.52. The zero-order chi connectivity index (χ0) is 26.4. The van der Waals surface area contributed by atoms with E-state index >= 15 is 0 Å². The largest absolute Gasteiger partial charge is 0.419 e. The summed E-state index contributed by atoms with van der Waals surface area (Å²) in [5.74, 6) is 0.209. The molecule has 2 heterocycles. The van der Waals surface area contributed by atoms with Gasteiger partial charge >= 0.3 is 6.18 Å². The molecule has 0 amide bonds. The SMILES string of the molecule is Cc1nc(N)c(-c2cc(-c3cnc(N)c(C(F)(F)F)c3)ccc2N)n1-c1ccc(C(C)(C)C#N)cc1. The average molecular weight is 492 g/mol.